The molecular weight excluding hydrogens is 290 g/mol. The SMILES string of the molecule is CCOc1cccc(NC(=O)Nc2ccc3c(c2)CCNC3)c1. The van der Waals surface area contributed by atoms with Gasteiger partial charge in [0.15, 0.2) is 0 Å². The van der Waals surface area contributed by atoms with Crippen LogP contribution in [0.4, 0.5) is 16.2 Å². The number of fused-ring (bicyclic) bond motifs is 1. The van der Waals surface area contributed by atoms with E-state index in [9.17, 15) is 4.79 Å². The van der Waals surface area contributed by atoms with E-state index in [-0.39, 0.29) is 6.03 Å². The summed E-state index contributed by atoms with van der Waals surface area (Å²) in [6.45, 7) is 4.40. The molecule has 0 unspecified atom stereocenters. The molecule has 0 spiro atoms. The second kappa shape index (κ2) is 7.15. The quantitative estimate of drug-likeness (QED) is 0.811. The first-order valence-corrected chi connectivity index (χ1v) is 7.88. The molecule has 2 aromatic rings. The summed E-state index contributed by atoms with van der Waals surface area (Å²) in [5.74, 6) is 0.742. The van der Waals surface area contributed by atoms with Crippen LogP contribution in [0.2, 0.25) is 0 Å². The predicted octanol–water partition coefficient (Wildman–Crippen LogP) is 3.38. The summed E-state index contributed by atoms with van der Waals surface area (Å²) in [5, 5.41) is 9.05. The zero-order chi connectivity index (χ0) is 16.1. The Balaban J connectivity index is 1.64. The van der Waals surface area contributed by atoms with Crippen LogP contribution in [0.1, 0.15) is 18.1 Å². The van der Waals surface area contributed by atoms with E-state index in [0.29, 0.717) is 12.3 Å². The standard InChI is InChI=1S/C18H21N3O2/c1-2-23-17-5-3-4-15(11-17)20-18(22)21-16-7-6-14-12-19-9-8-13(14)10-16/h3-7,10-11,19H,2,8-9,12H2,1H3,(H2,20,21,22). The maximum atomic E-state index is 12.1. The molecule has 1 heterocycles. The van der Waals surface area contributed by atoms with Crippen molar-refractivity contribution in [2.24, 2.45) is 0 Å². The van der Waals surface area contributed by atoms with E-state index >= 15 is 0 Å². The summed E-state index contributed by atoms with van der Waals surface area (Å²) in [5.41, 5.74) is 4.10. The Labute approximate surface area is 136 Å². The van der Waals surface area contributed by atoms with Gasteiger partial charge in [0.05, 0.1) is 6.61 Å². The Hall–Kier alpha value is -2.53. The molecule has 0 radical (unpaired) electrons. The average molecular weight is 311 g/mol. The first-order chi connectivity index (χ1) is 11.2. The molecule has 120 valence electrons. The molecule has 0 aliphatic carbocycles. The molecule has 2 aromatic carbocycles. The first-order valence-electron chi connectivity index (χ1n) is 7.88. The van der Waals surface area contributed by atoms with E-state index in [4.69, 9.17) is 4.74 Å². The van der Waals surface area contributed by atoms with Crippen LogP contribution in [0.25, 0.3) is 0 Å². The van der Waals surface area contributed by atoms with Gasteiger partial charge in [-0.25, -0.2) is 4.79 Å². The average Bonchev–Trinajstić information content (AvgIpc) is 2.55. The van der Waals surface area contributed by atoms with Crippen molar-refractivity contribution in [3.63, 3.8) is 0 Å². The van der Waals surface area contributed by atoms with Crippen molar-refractivity contribution in [1.82, 2.24) is 5.32 Å². The van der Waals surface area contributed by atoms with Crippen molar-refractivity contribution in [2.75, 3.05) is 23.8 Å². The molecule has 2 amide bonds. The summed E-state index contributed by atoms with van der Waals surface area (Å²) in [4.78, 5) is 12.1. The van der Waals surface area contributed by atoms with Gasteiger partial charge in [-0.2, -0.15) is 0 Å². The second-order valence-electron chi connectivity index (χ2n) is 5.45. The summed E-state index contributed by atoms with van der Waals surface area (Å²) in [6, 6.07) is 13.1. The van der Waals surface area contributed by atoms with Crippen molar-refractivity contribution in [3.8, 4) is 5.75 Å². The Morgan fingerprint density at radius 2 is 1.96 bits per heavy atom. The van der Waals surface area contributed by atoms with Gasteiger partial charge in [-0.1, -0.05) is 12.1 Å². The van der Waals surface area contributed by atoms with E-state index in [0.717, 1.165) is 30.9 Å². The van der Waals surface area contributed by atoms with E-state index in [1.807, 2.05) is 43.3 Å². The number of nitrogens with one attached hydrogen (secondary N) is 3. The van der Waals surface area contributed by atoms with Crippen LogP contribution in [0, 0.1) is 0 Å². The van der Waals surface area contributed by atoms with Crippen LogP contribution in [0.15, 0.2) is 42.5 Å². The lowest BCUT2D eigenvalue weighted by Gasteiger charge is -2.18. The Morgan fingerprint density at radius 3 is 2.78 bits per heavy atom. The molecule has 5 nitrogen and oxygen atoms in total. The van der Waals surface area contributed by atoms with E-state index in [1.54, 1.807) is 0 Å². The third kappa shape index (κ3) is 4.02. The lowest BCUT2D eigenvalue weighted by atomic mass is 10.0. The van der Waals surface area contributed by atoms with Crippen LogP contribution in [-0.4, -0.2) is 19.2 Å². The van der Waals surface area contributed by atoms with Gasteiger partial charge in [-0.15, -0.1) is 0 Å². The van der Waals surface area contributed by atoms with Gasteiger partial charge in [0.2, 0.25) is 0 Å². The number of amides is 2. The summed E-state index contributed by atoms with van der Waals surface area (Å²) in [7, 11) is 0. The fourth-order valence-corrected chi connectivity index (χ4v) is 2.68. The van der Waals surface area contributed by atoms with E-state index in [2.05, 4.69) is 22.0 Å². The van der Waals surface area contributed by atoms with Crippen molar-refractivity contribution in [2.45, 2.75) is 19.9 Å². The van der Waals surface area contributed by atoms with Gasteiger partial charge in [0.1, 0.15) is 5.75 Å². The normalized spacial score (nSPS) is 13.1. The number of anilines is 2. The van der Waals surface area contributed by atoms with Crippen LogP contribution in [0.3, 0.4) is 0 Å². The van der Waals surface area contributed by atoms with Crippen LogP contribution < -0.4 is 20.7 Å². The van der Waals surface area contributed by atoms with Gasteiger partial charge in [0, 0.05) is 24.0 Å². The van der Waals surface area contributed by atoms with Crippen LogP contribution >= 0.6 is 0 Å². The number of ether oxygens (including phenoxy) is 1. The van der Waals surface area contributed by atoms with Crippen LogP contribution in [0.5, 0.6) is 5.75 Å². The maximum Gasteiger partial charge on any atom is 0.323 e. The molecule has 3 rings (SSSR count). The number of hydrogen-bond acceptors (Lipinski definition) is 3. The maximum absolute atomic E-state index is 12.1. The highest BCUT2D eigenvalue weighted by Crippen LogP contribution is 2.20. The second-order valence-corrected chi connectivity index (χ2v) is 5.45. The highest BCUT2D eigenvalue weighted by molar-refractivity contribution is 5.99. The molecular formula is C18H21N3O2. The molecule has 3 N–H and O–H groups in total. The minimum Gasteiger partial charge on any atom is -0.494 e. The van der Waals surface area contributed by atoms with Crippen molar-refractivity contribution < 1.29 is 9.53 Å². The summed E-state index contributed by atoms with van der Waals surface area (Å²) < 4.78 is 5.43. The fraction of sp³-hybridized carbons (Fsp3) is 0.278. The van der Waals surface area contributed by atoms with Gasteiger partial charge in [-0.05, 0) is 55.3 Å². The van der Waals surface area contributed by atoms with Gasteiger partial charge in [-0.3, -0.25) is 0 Å². The van der Waals surface area contributed by atoms with Gasteiger partial charge < -0.3 is 20.7 Å². The number of carbonyl (C=O) groups is 1. The fourth-order valence-electron chi connectivity index (χ4n) is 2.68. The zero-order valence-corrected chi connectivity index (χ0v) is 13.2. The Kier molecular flexibility index (Phi) is 4.78. The third-order valence-electron chi connectivity index (χ3n) is 3.75. The lowest BCUT2D eigenvalue weighted by molar-refractivity contribution is 0.262. The summed E-state index contributed by atoms with van der Waals surface area (Å²) >= 11 is 0. The highest BCUT2D eigenvalue weighted by Gasteiger charge is 2.10. The number of rotatable bonds is 4. The molecule has 0 bridgehead atoms. The van der Waals surface area contributed by atoms with Crippen molar-refractivity contribution in [1.29, 1.82) is 0 Å². The van der Waals surface area contributed by atoms with Crippen molar-refractivity contribution >= 4 is 17.4 Å². The minimum absolute atomic E-state index is 0.257. The van der Waals surface area contributed by atoms with E-state index < -0.39 is 0 Å². The molecule has 1 aliphatic heterocycles. The van der Waals surface area contributed by atoms with Crippen LogP contribution in [-0.2, 0) is 13.0 Å². The highest BCUT2D eigenvalue weighted by atomic mass is 16.5. The number of hydrogen-bond donors (Lipinski definition) is 3. The molecule has 0 saturated carbocycles. The number of carbonyl (C=O) groups excluding carboxylic acids is 1. The topological polar surface area (TPSA) is 62.4 Å². The van der Waals surface area contributed by atoms with Gasteiger partial charge >= 0.3 is 6.03 Å². The summed E-state index contributed by atoms with van der Waals surface area (Å²) in [6.07, 6.45) is 0.989. The largest absolute Gasteiger partial charge is 0.494 e. The Bertz CT molecular complexity index is 700. The van der Waals surface area contributed by atoms with E-state index in [1.165, 1.54) is 11.1 Å². The molecule has 0 atom stereocenters. The zero-order valence-electron chi connectivity index (χ0n) is 13.2. The first kappa shape index (κ1) is 15.4. The molecule has 23 heavy (non-hydrogen) atoms. The van der Waals surface area contributed by atoms with Gasteiger partial charge in [0.25, 0.3) is 0 Å². The predicted molar refractivity (Wildman–Crippen MR) is 92.1 cm³/mol. The Morgan fingerprint density at radius 1 is 1.13 bits per heavy atom. The smallest absolute Gasteiger partial charge is 0.323 e. The molecule has 0 aromatic heterocycles. The third-order valence-corrected chi connectivity index (χ3v) is 3.75. The molecule has 5 heteroatoms. The molecule has 0 fully saturated rings. The van der Waals surface area contributed by atoms with Crippen molar-refractivity contribution in [3.05, 3.63) is 53.6 Å². The molecule has 0 saturated heterocycles. The monoisotopic (exact) mass is 311 g/mol. The minimum atomic E-state index is -0.257. The lowest BCUT2D eigenvalue weighted by Crippen LogP contribution is -2.24. The number of urea groups is 1. The molecule has 1 aliphatic rings. The number of benzene rings is 2.